The quantitative estimate of drug-likeness (QED) is 0.913. The summed E-state index contributed by atoms with van der Waals surface area (Å²) in [5.41, 5.74) is 2.12. The van der Waals surface area contributed by atoms with E-state index < -0.39 is 0 Å². The molecule has 0 radical (unpaired) electrons. The maximum atomic E-state index is 12.3. The SMILES string of the molecule is Cc1cccc(-c2noc(CN3CCCC3C(=O)NC3CC3)n2)c1. The molecule has 1 unspecified atom stereocenters. The lowest BCUT2D eigenvalue weighted by Crippen LogP contribution is -2.43. The summed E-state index contributed by atoms with van der Waals surface area (Å²) in [6.45, 7) is 3.46. The first kappa shape index (κ1) is 15.3. The van der Waals surface area contributed by atoms with E-state index in [1.54, 1.807) is 0 Å². The minimum Gasteiger partial charge on any atom is -0.352 e. The van der Waals surface area contributed by atoms with Crippen molar-refractivity contribution in [1.82, 2.24) is 20.4 Å². The fraction of sp³-hybridized carbons (Fsp3) is 0.500. The highest BCUT2D eigenvalue weighted by Crippen LogP contribution is 2.24. The van der Waals surface area contributed by atoms with Gasteiger partial charge in [-0.15, -0.1) is 0 Å². The average molecular weight is 326 g/mol. The van der Waals surface area contributed by atoms with Crippen LogP contribution in [0.25, 0.3) is 11.4 Å². The van der Waals surface area contributed by atoms with Crippen LogP contribution >= 0.6 is 0 Å². The third kappa shape index (κ3) is 3.33. The first-order chi connectivity index (χ1) is 11.7. The van der Waals surface area contributed by atoms with Crippen molar-refractivity contribution in [3.8, 4) is 11.4 Å². The highest BCUT2D eigenvalue weighted by Gasteiger charge is 2.34. The van der Waals surface area contributed by atoms with E-state index in [4.69, 9.17) is 4.52 Å². The van der Waals surface area contributed by atoms with Gasteiger partial charge in [-0.3, -0.25) is 9.69 Å². The van der Waals surface area contributed by atoms with Crippen LogP contribution in [0.15, 0.2) is 28.8 Å². The molecule has 126 valence electrons. The van der Waals surface area contributed by atoms with Gasteiger partial charge >= 0.3 is 0 Å². The molecule has 2 fully saturated rings. The van der Waals surface area contributed by atoms with Gasteiger partial charge in [-0.05, 0) is 45.2 Å². The number of rotatable bonds is 5. The molecular weight excluding hydrogens is 304 g/mol. The van der Waals surface area contributed by atoms with Crippen LogP contribution in [0.3, 0.4) is 0 Å². The molecule has 1 aliphatic carbocycles. The van der Waals surface area contributed by atoms with Crippen molar-refractivity contribution in [2.75, 3.05) is 6.54 Å². The van der Waals surface area contributed by atoms with Crippen LogP contribution in [0.2, 0.25) is 0 Å². The standard InChI is InChI=1S/C18H22N4O2/c1-12-4-2-5-13(10-12)17-20-16(24-21-17)11-22-9-3-6-15(22)18(23)19-14-7-8-14/h2,4-5,10,14-15H,3,6-9,11H2,1H3,(H,19,23). The zero-order chi connectivity index (χ0) is 16.5. The summed E-state index contributed by atoms with van der Waals surface area (Å²) in [5.74, 6) is 1.32. The van der Waals surface area contributed by atoms with Crippen molar-refractivity contribution in [3.63, 3.8) is 0 Å². The molecule has 1 saturated heterocycles. The molecule has 1 amide bonds. The van der Waals surface area contributed by atoms with Gasteiger partial charge < -0.3 is 9.84 Å². The minimum atomic E-state index is -0.0695. The molecule has 24 heavy (non-hydrogen) atoms. The van der Waals surface area contributed by atoms with Gasteiger partial charge in [-0.25, -0.2) is 0 Å². The molecule has 2 aromatic rings. The normalized spacial score (nSPS) is 21.1. The molecule has 1 atom stereocenters. The van der Waals surface area contributed by atoms with Gasteiger partial charge in [-0.1, -0.05) is 28.9 Å². The van der Waals surface area contributed by atoms with Gasteiger partial charge in [-0.2, -0.15) is 4.98 Å². The molecule has 0 spiro atoms. The Labute approximate surface area is 141 Å². The molecule has 0 bridgehead atoms. The number of carbonyl (C=O) groups is 1. The predicted octanol–water partition coefficient (Wildman–Crippen LogP) is 2.29. The van der Waals surface area contributed by atoms with Crippen LogP contribution in [-0.2, 0) is 11.3 Å². The number of aryl methyl sites for hydroxylation is 1. The van der Waals surface area contributed by atoms with Gasteiger partial charge in [0.05, 0.1) is 12.6 Å². The summed E-state index contributed by atoms with van der Waals surface area (Å²) in [4.78, 5) is 19.0. The summed E-state index contributed by atoms with van der Waals surface area (Å²) in [6.07, 6.45) is 4.16. The zero-order valence-electron chi connectivity index (χ0n) is 13.9. The second kappa shape index (κ2) is 6.36. The number of benzene rings is 1. The maximum absolute atomic E-state index is 12.3. The molecule has 1 aromatic carbocycles. The first-order valence-corrected chi connectivity index (χ1v) is 8.63. The number of aromatic nitrogens is 2. The van der Waals surface area contributed by atoms with Gasteiger partial charge in [0.1, 0.15) is 0 Å². The Morgan fingerprint density at radius 1 is 1.38 bits per heavy atom. The van der Waals surface area contributed by atoms with E-state index in [9.17, 15) is 4.79 Å². The van der Waals surface area contributed by atoms with E-state index in [2.05, 4.69) is 20.4 Å². The highest BCUT2D eigenvalue weighted by molar-refractivity contribution is 5.82. The molecule has 1 saturated carbocycles. The summed E-state index contributed by atoms with van der Waals surface area (Å²) in [7, 11) is 0. The van der Waals surface area contributed by atoms with Crippen LogP contribution in [0.4, 0.5) is 0 Å². The molecule has 6 nitrogen and oxygen atoms in total. The second-order valence-electron chi connectivity index (χ2n) is 6.79. The smallest absolute Gasteiger partial charge is 0.241 e. The topological polar surface area (TPSA) is 71.3 Å². The van der Waals surface area contributed by atoms with E-state index in [1.807, 2.05) is 31.2 Å². The van der Waals surface area contributed by atoms with E-state index in [0.29, 0.717) is 24.3 Å². The molecule has 1 aliphatic heterocycles. The number of nitrogens with one attached hydrogen (secondary N) is 1. The molecule has 2 heterocycles. The van der Waals surface area contributed by atoms with Crippen LogP contribution < -0.4 is 5.32 Å². The second-order valence-corrected chi connectivity index (χ2v) is 6.79. The third-order valence-electron chi connectivity index (χ3n) is 4.67. The van der Waals surface area contributed by atoms with E-state index in [0.717, 1.165) is 43.4 Å². The zero-order valence-corrected chi connectivity index (χ0v) is 13.9. The molecule has 6 heteroatoms. The number of hydrogen-bond donors (Lipinski definition) is 1. The average Bonchev–Trinajstić information content (AvgIpc) is 3.08. The van der Waals surface area contributed by atoms with Crippen molar-refractivity contribution in [1.29, 1.82) is 0 Å². The van der Waals surface area contributed by atoms with E-state index >= 15 is 0 Å². The number of likely N-dealkylation sites (tertiary alicyclic amines) is 1. The Morgan fingerprint density at radius 3 is 3.04 bits per heavy atom. The lowest BCUT2D eigenvalue weighted by molar-refractivity contribution is -0.125. The molecule has 2 aliphatic rings. The van der Waals surface area contributed by atoms with Gasteiger partial charge in [0.15, 0.2) is 0 Å². The number of carbonyl (C=O) groups excluding carboxylic acids is 1. The van der Waals surface area contributed by atoms with Gasteiger partial charge in [0.25, 0.3) is 0 Å². The van der Waals surface area contributed by atoms with Crippen LogP contribution in [0.1, 0.15) is 37.1 Å². The Hall–Kier alpha value is -2.21. The van der Waals surface area contributed by atoms with Crippen molar-refractivity contribution in [2.24, 2.45) is 0 Å². The van der Waals surface area contributed by atoms with Crippen molar-refractivity contribution in [2.45, 2.75) is 51.2 Å². The molecule has 1 N–H and O–H groups in total. The first-order valence-electron chi connectivity index (χ1n) is 8.63. The van der Waals surface area contributed by atoms with E-state index in [1.165, 1.54) is 0 Å². The third-order valence-corrected chi connectivity index (χ3v) is 4.67. The Morgan fingerprint density at radius 2 is 2.25 bits per heavy atom. The van der Waals surface area contributed by atoms with Gasteiger partial charge in [0, 0.05) is 11.6 Å². The monoisotopic (exact) mass is 326 g/mol. The lowest BCUT2D eigenvalue weighted by atomic mass is 10.1. The summed E-state index contributed by atoms with van der Waals surface area (Å²) < 4.78 is 5.41. The van der Waals surface area contributed by atoms with Crippen LogP contribution in [0.5, 0.6) is 0 Å². The summed E-state index contributed by atoms with van der Waals surface area (Å²) in [5, 5.41) is 7.19. The van der Waals surface area contributed by atoms with Crippen molar-refractivity contribution in [3.05, 3.63) is 35.7 Å². The molecule has 4 rings (SSSR count). The summed E-state index contributed by atoms with van der Waals surface area (Å²) in [6, 6.07) is 8.37. The fourth-order valence-corrected chi connectivity index (χ4v) is 3.23. The van der Waals surface area contributed by atoms with Crippen LogP contribution in [0, 0.1) is 6.92 Å². The molecule has 1 aromatic heterocycles. The Bertz CT molecular complexity index is 738. The lowest BCUT2D eigenvalue weighted by Gasteiger charge is -2.21. The van der Waals surface area contributed by atoms with Crippen molar-refractivity contribution < 1.29 is 9.32 Å². The molecular formula is C18H22N4O2. The maximum Gasteiger partial charge on any atom is 0.241 e. The fourth-order valence-electron chi connectivity index (χ4n) is 3.23. The number of amides is 1. The van der Waals surface area contributed by atoms with Crippen molar-refractivity contribution >= 4 is 5.91 Å². The largest absolute Gasteiger partial charge is 0.352 e. The van der Waals surface area contributed by atoms with Crippen LogP contribution in [-0.4, -0.2) is 39.6 Å². The Kier molecular flexibility index (Phi) is 4.06. The number of nitrogens with zero attached hydrogens (tertiary/aromatic N) is 3. The summed E-state index contributed by atoms with van der Waals surface area (Å²) >= 11 is 0. The van der Waals surface area contributed by atoms with Gasteiger partial charge in [0.2, 0.25) is 17.6 Å². The predicted molar refractivity (Wildman–Crippen MR) is 89.1 cm³/mol. The Balaban J connectivity index is 1.44. The number of hydrogen-bond acceptors (Lipinski definition) is 5. The van der Waals surface area contributed by atoms with E-state index in [-0.39, 0.29) is 11.9 Å². The minimum absolute atomic E-state index is 0.0695. The highest BCUT2D eigenvalue weighted by atomic mass is 16.5.